The quantitative estimate of drug-likeness (QED) is 0.795. The van der Waals surface area contributed by atoms with E-state index in [4.69, 9.17) is 0 Å². The number of hydrogen-bond acceptors (Lipinski definition) is 2. The molecule has 2 aliphatic carbocycles. The Balaban J connectivity index is 1.39. The van der Waals surface area contributed by atoms with Crippen molar-refractivity contribution >= 4 is 11.9 Å². The minimum Gasteiger partial charge on any atom is -0.340 e. The van der Waals surface area contributed by atoms with Crippen LogP contribution in [-0.4, -0.2) is 54.0 Å². The van der Waals surface area contributed by atoms with Crippen molar-refractivity contribution in [1.82, 2.24) is 15.1 Å². The molecule has 5 nitrogen and oxygen atoms in total. The lowest BCUT2D eigenvalue weighted by Crippen LogP contribution is -2.53. The summed E-state index contributed by atoms with van der Waals surface area (Å²) in [6.45, 7) is 1.51. The number of piperidine rings is 1. The summed E-state index contributed by atoms with van der Waals surface area (Å²) in [5, 5.41) is 2.99. The number of carbonyl (C=O) groups is 2. The topological polar surface area (TPSA) is 52.7 Å². The SMILES string of the molecule is CN1C(=O)N[C@H]2CN(C(=O)[C@@H]3C[C@H]3C3CC3)CC[C@H]21. The molecule has 2 aliphatic heterocycles. The summed E-state index contributed by atoms with van der Waals surface area (Å²) in [4.78, 5) is 27.9. The number of urea groups is 1. The molecule has 4 rings (SSSR count). The van der Waals surface area contributed by atoms with E-state index < -0.39 is 0 Å². The van der Waals surface area contributed by atoms with E-state index in [1.165, 1.54) is 12.8 Å². The Morgan fingerprint density at radius 1 is 1.32 bits per heavy atom. The number of fused-ring (bicyclic) bond motifs is 1. The Morgan fingerprint density at radius 2 is 2.11 bits per heavy atom. The van der Waals surface area contributed by atoms with E-state index in [0.29, 0.717) is 24.3 Å². The minimum absolute atomic E-state index is 0.00609. The molecule has 1 N–H and O–H groups in total. The second kappa shape index (κ2) is 3.87. The van der Waals surface area contributed by atoms with E-state index in [-0.39, 0.29) is 18.1 Å². The third-order valence-corrected chi connectivity index (χ3v) is 5.40. The maximum atomic E-state index is 12.5. The van der Waals surface area contributed by atoms with Gasteiger partial charge in [-0.3, -0.25) is 4.79 Å². The molecule has 2 heterocycles. The fourth-order valence-corrected chi connectivity index (χ4v) is 3.93. The minimum atomic E-state index is 0.00609. The molecule has 0 aromatic carbocycles. The van der Waals surface area contributed by atoms with Crippen LogP contribution < -0.4 is 5.32 Å². The Morgan fingerprint density at radius 3 is 2.84 bits per heavy atom. The molecule has 0 radical (unpaired) electrons. The van der Waals surface area contributed by atoms with Gasteiger partial charge in [0.05, 0.1) is 12.1 Å². The fourth-order valence-electron chi connectivity index (χ4n) is 3.93. The molecule has 4 atom stereocenters. The summed E-state index contributed by atoms with van der Waals surface area (Å²) in [6.07, 6.45) is 4.69. The highest BCUT2D eigenvalue weighted by Gasteiger charge is 2.53. The standard InChI is InChI=1S/C14H21N3O2/c1-16-12-4-5-17(7-11(12)15-14(16)19)13(18)10-6-9(10)8-2-3-8/h8-12H,2-7H2,1H3,(H,15,19)/t9-,10+,11-,12+/m0/s1. The zero-order valence-electron chi connectivity index (χ0n) is 11.3. The van der Waals surface area contributed by atoms with Gasteiger partial charge in [-0.05, 0) is 37.5 Å². The van der Waals surface area contributed by atoms with Crippen LogP contribution in [0.15, 0.2) is 0 Å². The van der Waals surface area contributed by atoms with Crippen LogP contribution in [0.1, 0.15) is 25.7 Å². The van der Waals surface area contributed by atoms with Crippen molar-refractivity contribution in [3.05, 3.63) is 0 Å². The Kier molecular flexibility index (Phi) is 2.35. The van der Waals surface area contributed by atoms with Gasteiger partial charge in [-0.1, -0.05) is 0 Å². The van der Waals surface area contributed by atoms with Crippen LogP contribution >= 0.6 is 0 Å². The summed E-state index contributed by atoms with van der Waals surface area (Å²) in [7, 11) is 1.85. The Labute approximate surface area is 113 Å². The number of carbonyl (C=O) groups excluding carboxylic acids is 2. The van der Waals surface area contributed by atoms with Crippen molar-refractivity contribution in [1.29, 1.82) is 0 Å². The summed E-state index contributed by atoms with van der Waals surface area (Å²) in [5.74, 6) is 2.19. The van der Waals surface area contributed by atoms with E-state index in [9.17, 15) is 9.59 Å². The van der Waals surface area contributed by atoms with Gasteiger partial charge in [-0.2, -0.15) is 0 Å². The molecule has 19 heavy (non-hydrogen) atoms. The molecule has 4 aliphatic rings. The van der Waals surface area contributed by atoms with Crippen LogP contribution in [0.5, 0.6) is 0 Å². The molecule has 2 saturated heterocycles. The number of amides is 3. The normalized spacial score (nSPS) is 41.0. The smallest absolute Gasteiger partial charge is 0.317 e. The van der Waals surface area contributed by atoms with E-state index in [1.807, 2.05) is 11.9 Å². The van der Waals surface area contributed by atoms with Crippen molar-refractivity contribution in [2.75, 3.05) is 20.1 Å². The van der Waals surface area contributed by atoms with Crippen LogP contribution in [0.2, 0.25) is 0 Å². The lowest BCUT2D eigenvalue weighted by Gasteiger charge is -2.36. The molecule has 2 saturated carbocycles. The highest BCUT2D eigenvalue weighted by atomic mass is 16.2. The van der Waals surface area contributed by atoms with Gasteiger partial charge in [-0.15, -0.1) is 0 Å². The third-order valence-electron chi connectivity index (χ3n) is 5.40. The largest absolute Gasteiger partial charge is 0.340 e. The summed E-state index contributed by atoms with van der Waals surface area (Å²) in [5.41, 5.74) is 0. The van der Waals surface area contributed by atoms with Crippen LogP contribution in [0, 0.1) is 17.8 Å². The average Bonchev–Trinajstić information content (AvgIpc) is 3.26. The molecule has 0 spiro atoms. The zero-order valence-corrected chi connectivity index (χ0v) is 11.3. The highest BCUT2D eigenvalue weighted by Crippen LogP contribution is 2.55. The van der Waals surface area contributed by atoms with E-state index in [2.05, 4.69) is 5.32 Å². The van der Waals surface area contributed by atoms with Crippen molar-refractivity contribution in [3.63, 3.8) is 0 Å². The monoisotopic (exact) mass is 263 g/mol. The maximum absolute atomic E-state index is 12.5. The zero-order chi connectivity index (χ0) is 13.1. The van der Waals surface area contributed by atoms with Crippen LogP contribution in [0.4, 0.5) is 4.79 Å². The lowest BCUT2D eigenvalue weighted by molar-refractivity contribution is -0.134. The lowest BCUT2D eigenvalue weighted by atomic mass is 9.99. The number of hydrogen-bond donors (Lipinski definition) is 1. The molecule has 5 heteroatoms. The van der Waals surface area contributed by atoms with Gasteiger partial charge >= 0.3 is 6.03 Å². The number of nitrogens with zero attached hydrogens (tertiary/aromatic N) is 2. The first-order valence-corrected chi connectivity index (χ1v) is 7.47. The van der Waals surface area contributed by atoms with Gasteiger partial charge in [0.1, 0.15) is 0 Å². The van der Waals surface area contributed by atoms with Crippen molar-refractivity contribution in [2.24, 2.45) is 17.8 Å². The van der Waals surface area contributed by atoms with Crippen LogP contribution in [0.25, 0.3) is 0 Å². The van der Waals surface area contributed by atoms with Gasteiger partial charge in [0.15, 0.2) is 0 Å². The predicted molar refractivity (Wildman–Crippen MR) is 69.4 cm³/mol. The summed E-state index contributed by atoms with van der Waals surface area (Å²) < 4.78 is 0. The number of likely N-dealkylation sites (N-methyl/N-ethyl adjacent to an activating group) is 1. The molecular weight excluding hydrogens is 242 g/mol. The third kappa shape index (κ3) is 1.82. The Hall–Kier alpha value is -1.26. The van der Waals surface area contributed by atoms with Gasteiger partial charge in [0.2, 0.25) is 5.91 Å². The van der Waals surface area contributed by atoms with Gasteiger partial charge in [0, 0.05) is 26.1 Å². The average molecular weight is 263 g/mol. The molecule has 3 amide bonds. The first-order valence-electron chi connectivity index (χ1n) is 7.47. The molecule has 0 aromatic heterocycles. The van der Waals surface area contributed by atoms with Gasteiger partial charge < -0.3 is 15.1 Å². The molecular formula is C14H21N3O2. The van der Waals surface area contributed by atoms with Crippen molar-refractivity contribution in [3.8, 4) is 0 Å². The second-order valence-corrected chi connectivity index (χ2v) is 6.65. The summed E-state index contributed by atoms with van der Waals surface area (Å²) in [6, 6.07) is 0.412. The number of likely N-dealkylation sites (tertiary alicyclic amines) is 1. The predicted octanol–water partition coefficient (Wildman–Crippen LogP) is 0.657. The van der Waals surface area contributed by atoms with Crippen LogP contribution in [-0.2, 0) is 4.79 Å². The fraction of sp³-hybridized carbons (Fsp3) is 0.857. The van der Waals surface area contributed by atoms with Crippen molar-refractivity contribution in [2.45, 2.75) is 37.8 Å². The maximum Gasteiger partial charge on any atom is 0.317 e. The molecule has 0 aromatic rings. The van der Waals surface area contributed by atoms with E-state index in [1.54, 1.807) is 4.90 Å². The second-order valence-electron chi connectivity index (χ2n) is 6.65. The summed E-state index contributed by atoms with van der Waals surface area (Å²) >= 11 is 0. The molecule has 104 valence electrons. The molecule has 0 unspecified atom stereocenters. The first kappa shape index (κ1) is 11.6. The number of rotatable bonds is 2. The van der Waals surface area contributed by atoms with E-state index >= 15 is 0 Å². The van der Waals surface area contributed by atoms with Gasteiger partial charge in [0.25, 0.3) is 0 Å². The molecule has 4 fully saturated rings. The van der Waals surface area contributed by atoms with Crippen molar-refractivity contribution < 1.29 is 9.59 Å². The Bertz CT molecular complexity index is 434. The first-order chi connectivity index (χ1) is 9.15. The van der Waals surface area contributed by atoms with E-state index in [0.717, 1.165) is 25.3 Å². The van der Waals surface area contributed by atoms with Gasteiger partial charge in [-0.25, -0.2) is 4.79 Å². The highest BCUT2D eigenvalue weighted by molar-refractivity contribution is 5.83. The molecule has 0 bridgehead atoms. The van der Waals surface area contributed by atoms with Crippen LogP contribution in [0.3, 0.4) is 0 Å². The number of nitrogens with one attached hydrogen (secondary N) is 1.